The van der Waals surface area contributed by atoms with E-state index >= 15 is 0 Å². The van der Waals surface area contributed by atoms with E-state index in [0.29, 0.717) is 23.6 Å². The summed E-state index contributed by atoms with van der Waals surface area (Å²) >= 11 is 0. The van der Waals surface area contributed by atoms with Gasteiger partial charge in [0, 0.05) is 6.04 Å². The third kappa shape index (κ3) is 2.89. The Bertz CT molecular complexity index is 598. The van der Waals surface area contributed by atoms with E-state index in [1.165, 1.54) is 29.9 Å². The predicted molar refractivity (Wildman–Crippen MR) is 78.7 cm³/mol. The molecule has 3 atom stereocenters. The number of hydrogen-bond acceptors (Lipinski definition) is 4. The van der Waals surface area contributed by atoms with Gasteiger partial charge in [0.2, 0.25) is 0 Å². The number of rotatable bonds is 3. The molecule has 5 nitrogen and oxygen atoms in total. The molecule has 0 aliphatic heterocycles. The monoisotopic (exact) mass is 289 g/mol. The van der Waals surface area contributed by atoms with Crippen LogP contribution in [0.3, 0.4) is 0 Å². The molecule has 21 heavy (non-hydrogen) atoms. The van der Waals surface area contributed by atoms with Crippen LogP contribution in [0.2, 0.25) is 0 Å². The zero-order valence-electron chi connectivity index (χ0n) is 12.3. The summed E-state index contributed by atoms with van der Waals surface area (Å²) in [6.07, 6.45) is 5.03. The molecular formula is C15H20FN5. The fourth-order valence-electron chi connectivity index (χ4n) is 3.03. The molecule has 0 amide bonds. The van der Waals surface area contributed by atoms with E-state index in [9.17, 15) is 4.39 Å². The lowest BCUT2D eigenvalue weighted by Gasteiger charge is -2.35. The summed E-state index contributed by atoms with van der Waals surface area (Å²) < 4.78 is 15.6. The Hall–Kier alpha value is -1.98. The lowest BCUT2D eigenvalue weighted by atomic mass is 9.78. The average molecular weight is 289 g/mol. The Morgan fingerprint density at radius 3 is 2.90 bits per heavy atom. The molecule has 0 radical (unpaired) electrons. The SMILES string of the molecule is CC1CCCC(Nc2cc(-n3cnnn3)ccc2F)C1C. The third-order valence-corrected chi connectivity index (χ3v) is 4.61. The molecule has 6 heteroatoms. The van der Waals surface area contributed by atoms with E-state index in [2.05, 4.69) is 34.7 Å². The number of anilines is 1. The van der Waals surface area contributed by atoms with Gasteiger partial charge in [-0.3, -0.25) is 0 Å². The lowest BCUT2D eigenvalue weighted by molar-refractivity contribution is 0.253. The molecule has 1 heterocycles. The van der Waals surface area contributed by atoms with E-state index < -0.39 is 0 Å². The zero-order chi connectivity index (χ0) is 14.8. The molecule has 112 valence electrons. The highest BCUT2D eigenvalue weighted by Gasteiger charge is 2.27. The lowest BCUT2D eigenvalue weighted by Crippen LogP contribution is -2.35. The molecule has 1 fully saturated rings. The fourth-order valence-corrected chi connectivity index (χ4v) is 3.03. The fraction of sp³-hybridized carbons (Fsp3) is 0.533. The van der Waals surface area contributed by atoms with Gasteiger partial charge in [0.05, 0.1) is 11.4 Å². The largest absolute Gasteiger partial charge is 0.380 e. The molecule has 1 N–H and O–H groups in total. The summed E-state index contributed by atoms with van der Waals surface area (Å²) in [5.41, 5.74) is 1.27. The first-order valence-electron chi connectivity index (χ1n) is 7.44. The van der Waals surface area contributed by atoms with Crippen LogP contribution in [-0.4, -0.2) is 26.2 Å². The van der Waals surface area contributed by atoms with Crippen LogP contribution >= 0.6 is 0 Å². The Balaban J connectivity index is 1.83. The first-order valence-corrected chi connectivity index (χ1v) is 7.44. The van der Waals surface area contributed by atoms with Crippen molar-refractivity contribution in [3.05, 3.63) is 30.3 Å². The number of tetrazole rings is 1. The van der Waals surface area contributed by atoms with Crippen LogP contribution in [0, 0.1) is 17.7 Å². The second-order valence-electron chi connectivity index (χ2n) is 5.94. The van der Waals surface area contributed by atoms with E-state index in [-0.39, 0.29) is 5.82 Å². The van der Waals surface area contributed by atoms with Crippen LogP contribution in [0.15, 0.2) is 24.5 Å². The summed E-state index contributed by atoms with van der Waals surface area (Å²) in [6.45, 7) is 4.51. The maximum absolute atomic E-state index is 14.1. The minimum atomic E-state index is -0.239. The van der Waals surface area contributed by atoms with Gasteiger partial charge in [-0.05, 0) is 46.9 Å². The predicted octanol–water partition coefficient (Wildman–Crippen LogP) is 3.04. The summed E-state index contributed by atoms with van der Waals surface area (Å²) in [7, 11) is 0. The molecule has 2 aromatic rings. The summed E-state index contributed by atoms with van der Waals surface area (Å²) in [5.74, 6) is 0.967. The van der Waals surface area contributed by atoms with Gasteiger partial charge in [0.1, 0.15) is 12.1 Å². The van der Waals surface area contributed by atoms with Crippen molar-refractivity contribution in [3.63, 3.8) is 0 Å². The molecule has 0 bridgehead atoms. The van der Waals surface area contributed by atoms with Gasteiger partial charge in [0.25, 0.3) is 0 Å². The van der Waals surface area contributed by atoms with Gasteiger partial charge in [-0.25, -0.2) is 9.07 Å². The van der Waals surface area contributed by atoms with Crippen LogP contribution in [0.1, 0.15) is 33.1 Å². The van der Waals surface area contributed by atoms with Crippen molar-refractivity contribution in [1.29, 1.82) is 0 Å². The van der Waals surface area contributed by atoms with Gasteiger partial charge in [-0.2, -0.15) is 0 Å². The molecule has 0 spiro atoms. The number of benzene rings is 1. The van der Waals surface area contributed by atoms with Crippen molar-refractivity contribution in [2.24, 2.45) is 11.8 Å². The molecule has 3 unspecified atom stereocenters. The molecule has 0 saturated heterocycles. The van der Waals surface area contributed by atoms with Crippen molar-refractivity contribution in [2.45, 2.75) is 39.2 Å². The van der Waals surface area contributed by atoms with Crippen molar-refractivity contribution < 1.29 is 4.39 Å². The molecule has 1 aromatic heterocycles. The first kappa shape index (κ1) is 14.0. The van der Waals surface area contributed by atoms with Gasteiger partial charge < -0.3 is 5.32 Å². The van der Waals surface area contributed by atoms with E-state index in [1.807, 2.05) is 0 Å². The Morgan fingerprint density at radius 2 is 2.14 bits per heavy atom. The van der Waals surface area contributed by atoms with Crippen LogP contribution in [0.4, 0.5) is 10.1 Å². The van der Waals surface area contributed by atoms with E-state index in [1.54, 1.807) is 12.1 Å². The second kappa shape index (κ2) is 5.79. The standard InChI is InChI=1S/C15H20FN5/c1-10-4-3-5-14(11(10)2)18-15-8-12(6-7-13(15)16)21-9-17-19-20-21/h6-11,14,18H,3-5H2,1-2H3. The maximum atomic E-state index is 14.1. The molecular weight excluding hydrogens is 269 g/mol. The van der Waals surface area contributed by atoms with Crippen LogP contribution in [0.25, 0.3) is 5.69 Å². The average Bonchev–Trinajstić information content (AvgIpc) is 3.00. The van der Waals surface area contributed by atoms with E-state index in [4.69, 9.17) is 0 Å². The smallest absolute Gasteiger partial charge is 0.146 e. The van der Waals surface area contributed by atoms with Gasteiger partial charge in [-0.1, -0.05) is 26.7 Å². The van der Waals surface area contributed by atoms with Crippen molar-refractivity contribution in [2.75, 3.05) is 5.32 Å². The number of nitrogens with one attached hydrogen (secondary N) is 1. The first-order chi connectivity index (χ1) is 10.1. The number of nitrogens with zero attached hydrogens (tertiary/aromatic N) is 4. The second-order valence-corrected chi connectivity index (χ2v) is 5.94. The van der Waals surface area contributed by atoms with Crippen LogP contribution in [0.5, 0.6) is 0 Å². The maximum Gasteiger partial charge on any atom is 0.146 e. The topological polar surface area (TPSA) is 55.6 Å². The van der Waals surface area contributed by atoms with Gasteiger partial charge in [0.15, 0.2) is 0 Å². The molecule has 3 rings (SSSR count). The highest BCUT2D eigenvalue weighted by Crippen LogP contribution is 2.32. The number of halogens is 1. The quantitative estimate of drug-likeness (QED) is 0.943. The summed E-state index contributed by atoms with van der Waals surface area (Å²) in [4.78, 5) is 0. The normalized spacial score (nSPS) is 25.8. The number of hydrogen-bond donors (Lipinski definition) is 1. The number of aromatic nitrogens is 4. The Labute approximate surface area is 123 Å². The van der Waals surface area contributed by atoms with Crippen molar-refractivity contribution in [3.8, 4) is 5.69 Å². The van der Waals surface area contributed by atoms with E-state index in [0.717, 1.165) is 12.1 Å². The minimum Gasteiger partial charge on any atom is -0.380 e. The molecule has 1 aliphatic carbocycles. The minimum absolute atomic E-state index is 0.239. The van der Waals surface area contributed by atoms with Crippen molar-refractivity contribution >= 4 is 5.69 Å². The van der Waals surface area contributed by atoms with Crippen molar-refractivity contribution in [1.82, 2.24) is 20.2 Å². The van der Waals surface area contributed by atoms with Crippen LogP contribution < -0.4 is 5.32 Å². The highest BCUT2D eigenvalue weighted by atomic mass is 19.1. The molecule has 1 aliphatic rings. The zero-order valence-corrected chi connectivity index (χ0v) is 12.3. The van der Waals surface area contributed by atoms with Gasteiger partial charge >= 0.3 is 0 Å². The Morgan fingerprint density at radius 1 is 1.29 bits per heavy atom. The summed E-state index contributed by atoms with van der Waals surface area (Å²) in [5, 5.41) is 14.4. The molecule has 1 saturated carbocycles. The summed E-state index contributed by atoms with van der Waals surface area (Å²) in [6, 6.07) is 5.20. The third-order valence-electron chi connectivity index (χ3n) is 4.61. The van der Waals surface area contributed by atoms with Gasteiger partial charge in [-0.15, -0.1) is 5.10 Å². The molecule has 1 aromatic carbocycles. The Kier molecular flexibility index (Phi) is 3.86. The highest BCUT2D eigenvalue weighted by molar-refractivity contribution is 5.52. The van der Waals surface area contributed by atoms with Crippen LogP contribution in [-0.2, 0) is 0 Å².